The summed E-state index contributed by atoms with van der Waals surface area (Å²) >= 11 is 6.13. The Kier molecular flexibility index (Phi) is 4.21. The minimum atomic E-state index is -0.00517. The van der Waals surface area contributed by atoms with Crippen molar-refractivity contribution in [1.82, 2.24) is 0 Å². The Morgan fingerprint density at radius 1 is 0.821 bits per heavy atom. The molecule has 0 saturated carbocycles. The van der Waals surface area contributed by atoms with Crippen LogP contribution in [-0.2, 0) is 4.79 Å². The summed E-state index contributed by atoms with van der Waals surface area (Å²) in [5.74, 6) is 0.540. The second-order valence-corrected chi connectivity index (χ2v) is 8.23. The van der Waals surface area contributed by atoms with E-state index in [1.165, 1.54) is 38.2 Å². The van der Waals surface area contributed by atoms with Crippen molar-refractivity contribution in [2.24, 2.45) is 0 Å². The van der Waals surface area contributed by atoms with E-state index in [4.69, 9.17) is 11.6 Å². The van der Waals surface area contributed by atoms with E-state index in [1.807, 2.05) is 12.1 Å². The summed E-state index contributed by atoms with van der Waals surface area (Å²) in [6.07, 6.45) is 1.87. The Morgan fingerprint density at radius 3 is 2.36 bits per heavy atom. The molecule has 0 fully saturated rings. The van der Waals surface area contributed by atoms with Crippen LogP contribution in [-0.4, -0.2) is 5.78 Å². The lowest BCUT2D eigenvalue weighted by Crippen LogP contribution is -2.20. The van der Waals surface area contributed by atoms with Gasteiger partial charge < -0.3 is 0 Å². The molecule has 0 bridgehead atoms. The van der Waals surface area contributed by atoms with Crippen molar-refractivity contribution in [3.05, 3.63) is 94.5 Å². The SMILES string of the molecule is CC(=O)C1CCC(c2ccc(Cl)cc2)c2c1ccc1c2ccc2ccccc21. The quantitative estimate of drug-likeness (QED) is 0.333. The molecule has 4 aromatic carbocycles. The lowest BCUT2D eigenvalue weighted by molar-refractivity contribution is -0.118. The van der Waals surface area contributed by atoms with Gasteiger partial charge in [0.15, 0.2) is 0 Å². The van der Waals surface area contributed by atoms with Crippen LogP contribution in [0.15, 0.2) is 72.8 Å². The molecule has 138 valence electrons. The van der Waals surface area contributed by atoms with Gasteiger partial charge in [0, 0.05) is 16.9 Å². The highest BCUT2D eigenvalue weighted by Gasteiger charge is 2.32. The molecule has 2 heteroatoms. The number of ketones is 1. The summed E-state index contributed by atoms with van der Waals surface area (Å²) in [5.41, 5.74) is 3.78. The molecular formula is C26H21ClO. The van der Waals surface area contributed by atoms with Crippen LogP contribution in [0.5, 0.6) is 0 Å². The lowest BCUT2D eigenvalue weighted by Gasteiger charge is -2.32. The van der Waals surface area contributed by atoms with Crippen LogP contribution in [0.1, 0.15) is 48.3 Å². The van der Waals surface area contributed by atoms with Gasteiger partial charge in [-0.15, -0.1) is 0 Å². The van der Waals surface area contributed by atoms with E-state index in [9.17, 15) is 4.79 Å². The fourth-order valence-electron chi connectivity index (χ4n) is 4.91. The van der Waals surface area contributed by atoms with Gasteiger partial charge >= 0.3 is 0 Å². The maximum atomic E-state index is 12.4. The molecule has 0 saturated heterocycles. The second kappa shape index (κ2) is 6.76. The Bertz CT molecular complexity index is 1210. The molecule has 1 aliphatic carbocycles. The normalized spacial score (nSPS) is 18.9. The first kappa shape index (κ1) is 17.5. The summed E-state index contributed by atoms with van der Waals surface area (Å²) in [7, 11) is 0. The maximum absolute atomic E-state index is 12.4. The smallest absolute Gasteiger partial charge is 0.137 e. The predicted octanol–water partition coefficient (Wildman–Crippen LogP) is 7.24. The third kappa shape index (κ3) is 2.73. The van der Waals surface area contributed by atoms with E-state index in [1.54, 1.807) is 6.92 Å². The molecule has 0 aliphatic heterocycles. The van der Waals surface area contributed by atoms with Gasteiger partial charge in [0.1, 0.15) is 5.78 Å². The van der Waals surface area contributed by atoms with Crippen molar-refractivity contribution >= 4 is 38.9 Å². The van der Waals surface area contributed by atoms with Crippen molar-refractivity contribution in [3.8, 4) is 0 Å². The first-order valence-corrected chi connectivity index (χ1v) is 10.2. The van der Waals surface area contributed by atoms with E-state index < -0.39 is 0 Å². The largest absolute Gasteiger partial charge is 0.299 e. The highest BCUT2D eigenvalue weighted by atomic mass is 35.5. The van der Waals surface area contributed by atoms with Crippen LogP contribution in [0, 0.1) is 0 Å². The van der Waals surface area contributed by atoms with Gasteiger partial charge in [-0.25, -0.2) is 0 Å². The highest BCUT2D eigenvalue weighted by molar-refractivity contribution is 6.30. The molecule has 0 amide bonds. The standard InChI is InChI=1S/C26H21ClO/c1-16(28)20-12-13-22(18-6-9-19(27)10-7-18)26-24(20)15-14-23-21-5-3-2-4-17(21)8-11-25(23)26/h2-11,14-15,20,22H,12-13H2,1H3. The number of halogens is 1. The maximum Gasteiger partial charge on any atom is 0.137 e. The number of benzene rings is 4. The lowest BCUT2D eigenvalue weighted by atomic mass is 9.71. The molecule has 1 aliphatic rings. The second-order valence-electron chi connectivity index (χ2n) is 7.80. The van der Waals surface area contributed by atoms with Crippen molar-refractivity contribution in [2.45, 2.75) is 31.6 Å². The molecule has 2 unspecified atom stereocenters. The number of fused-ring (bicyclic) bond motifs is 5. The molecule has 4 aromatic rings. The molecule has 5 rings (SSSR count). The van der Waals surface area contributed by atoms with Gasteiger partial charge in [0.25, 0.3) is 0 Å². The van der Waals surface area contributed by atoms with Gasteiger partial charge in [0.2, 0.25) is 0 Å². The number of hydrogen-bond acceptors (Lipinski definition) is 1. The third-order valence-electron chi connectivity index (χ3n) is 6.23. The predicted molar refractivity (Wildman–Crippen MR) is 117 cm³/mol. The van der Waals surface area contributed by atoms with Gasteiger partial charge in [-0.2, -0.15) is 0 Å². The zero-order chi connectivity index (χ0) is 19.3. The topological polar surface area (TPSA) is 17.1 Å². The molecule has 28 heavy (non-hydrogen) atoms. The van der Waals surface area contributed by atoms with Crippen molar-refractivity contribution in [3.63, 3.8) is 0 Å². The minimum Gasteiger partial charge on any atom is -0.299 e. The number of Topliss-reactive ketones (excluding diaryl/α,β-unsaturated/α-hetero) is 1. The Balaban J connectivity index is 1.82. The van der Waals surface area contributed by atoms with Gasteiger partial charge in [-0.1, -0.05) is 72.3 Å². The molecule has 0 heterocycles. The Hall–Kier alpha value is -2.64. The van der Waals surface area contributed by atoms with Gasteiger partial charge in [0.05, 0.1) is 0 Å². The Morgan fingerprint density at radius 2 is 1.57 bits per heavy atom. The average Bonchev–Trinajstić information content (AvgIpc) is 2.73. The number of rotatable bonds is 2. The number of carbonyl (C=O) groups excluding carboxylic acids is 1. The summed E-state index contributed by atoms with van der Waals surface area (Å²) in [6, 6.07) is 25.5. The zero-order valence-electron chi connectivity index (χ0n) is 15.8. The first-order valence-electron chi connectivity index (χ1n) is 9.83. The van der Waals surface area contributed by atoms with Gasteiger partial charge in [-0.3, -0.25) is 4.79 Å². The van der Waals surface area contributed by atoms with Crippen LogP contribution in [0.3, 0.4) is 0 Å². The molecule has 0 N–H and O–H groups in total. The molecule has 1 nitrogen and oxygen atoms in total. The minimum absolute atomic E-state index is 0.00517. The fourth-order valence-corrected chi connectivity index (χ4v) is 5.03. The Labute approximate surface area is 170 Å². The van der Waals surface area contributed by atoms with Gasteiger partial charge in [-0.05, 0) is 70.1 Å². The van der Waals surface area contributed by atoms with Crippen molar-refractivity contribution in [1.29, 1.82) is 0 Å². The fraction of sp³-hybridized carbons (Fsp3) is 0.192. The number of hydrogen-bond donors (Lipinski definition) is 0. The highest BCUT2D eigenvalue weighted by Crippen LogP contribution is 2.46. The van der Waals surface area contributed by atoms with Crippen LogP contribution in [0.4, 0.5) is 0 Å². The summed E-state index contributed by atoms with van der Waals surface area (Å²) < 4.78 is 0. The van der Waals surface area contributed by atoms with E-state index in [0.29, 0.717) is 0 Å². The molecule has 0 spiro atoms. The average molecular weight is 385 g/mol. The first-order chi connectivity index (χ1) is 13.6. The molecule has 0 aromatic heterocycles. The van der Waals surface area contributed by atoms with E-state index in [-0.39, 0.29) is 17.6 Å². The summed E-state index contributed by atoms with van der Waals surface area (Å²) in [5, 5.41) is 5.80. The van der Waals surface area contributed by atoms with Crippen molar-refractivity contribution < 1.29 is 4.79 Å². The monoisotopic (exact) mass is 384 g/mol. The molecule has 2 atom stereocenters. The van der Waals surface area contributed by atoms with E-state index >= 15 is 0 Å². The van der Waals surface area contributed by atoms with E-state index in [0.717, 1.165) is 17.9 Å². The van der Waals surface area contributed by atoms with Crippen LogP contribution < -0.4 is 0 Å². The molecule has 0 radical (unpaired) electrons. The third-order valence-corrected chi connectivity index (χ3v) is 6.48. The van der Waals surface area contributed by atoms with E-state index in [2.05, 4.69) is 60.7 Å². The number of carbonyl (C=O) groups is 1. The van der Waals surface area contributed by atoms with Crippen LogP contribution in [0.25, 0.3) is 21.5 Å². The molecular weight excluding hydrogens is 364 g/mol. The van der Waals surface area contributed by atoms with Crippen LogP contribution in [0.2, 0.25) is 5.02 Å². The zero-order valence-corrected chi connectivity index (χ0v) is 16.5. The summed E-state index contributed by atoms with van der Waals surface area (Å²) in [4.78, 5) is 12.4. The summed E-state index contributed by atoms with van der Waals surface area (Å²) in [6.45, 7) is 1.72. The van der Waals surface area contributed by atoms with Crippen molar-refractivity contribution in [2.75, 3.05) is 0 Å². The van der Waals surface area contributed by atoms with Crippen LogP contribution >= 0.6 is 11.6 Å².